The molecule has 1 saturated heterocycles. The highest BCUT2D eigenvalue weighted by atomic mass is 16.3. The molecule has 0 radical (unpaired) electrons. The Morgan fingerprint density at radius 1 is 1.26 bits per heavy atom. The third kappa shape index (κ3) is 4.32. The molecule has 1 aromatic rings. The van der Waals surface area contributed by atoms with Gasteiger partial charge in [-0.15, -0.1) is 0 Å². The summed E-state index contributed by atoms with van der Waals surface area (Å²) >= 11 is 0. The number of nitrogens with zero attached hydrogens (tertiary/aromatic N) is 1. The normalized spacial score (nSPS) is 19.5. The second-order valence-electron chi connectivity index (χ2n) is 7.32. The Hall–Kier alpha value is -1.88. The van der Waals surface area contributed by atoms with Crippen molar-refractivity contribution in [2.75, 3.05) is 18.4 Å². The van der Waals surface area contributed by atoms with Crippen LogP contribution in [-0.4, -0.2) is 41.0 Å². The van der Waals surface area contributed by atoms with E-state index in [1.54, 1.807) is 6.92 Å². The molecule has 2 rings (SSSR count). The first kappa shape index (κ1) is 17.5. The number of nitrogens with one attached hydrogen (secondary N) is 1. The molecular formula is C18H26N2O3. The van der Waals surface area contributed by atoms with Crippen molar-refractivity contribution in [1.29, 1.82) is 0 Å². The van der Waals surface area contributed by atoms with Gasteiger partial charge in [0.1, 0.15) is 0 Å². The monoisotopic (exact) mass is 318 g/mol. The molecule has 0 aromatic heterocycles. The molecule has 2 unspecified atom stereocenters. The van der Waals surface area contributed by atoms with Crippen LogP contribution >= 0.6 is 0 Å². The third-order valence-electron chi connectivity index (χ3n) is 4.40. The van der Waals surface area contributed by atoms with E-state index in [9.17, 15) is 14.7 Å². The Bertz CT molecular complexity index is 573. The predicted molar refractivity (Wildman–Crippen MR) is 90.1 cm³/mol. The number of amides is 2. The van der Waals surface area contributed by atoms with Crippen molar-refractivity contribution >= 4 is 17.5 Å². The minimum absolute atomic E-state index is 0.0455. The summed E-state index contributed by atoms with van der Waals surface area (Å²) in [5.41, 5.74) is 1.83. The van der Waals surface area contributed by atoms with E-state index in [1.807, 2.05) is 24.3 Å². The average Bonchev–Trinajstić information content (AvgIpc) is 2.96. The standard InChI is InChI=1S/C18H26N2O3/c1-12(21)13-9-10-20(11-13)17(23)16(22)19-15-7-5-14(6-8-15)18(2,3)4/h5-8,12-13,21H,9-11H2,1-4H3,(H,19,22). The van der Waals surface area contributed by atoms with Crippen molar-refractivity contribution in [2.45, 2.75) is 45.6 Å². The van der Waals surface area contributed by atoms with Crippen molar-refractivity contribution in [1.82, 2.24) is 4.90 Å². The second-order valence-corrected chi connectivity index (χ2v) is 7.32. The van der Waals surface area contributed by atoms with Gasteiger partial charge in [-0.25, -0.2) is 0 Å². The largest absolute Gasteiger partial charge is 0.393 e. The molecule has 2 atom stereocenters. The van der Waals surface area contributed by atoms with Crippen LogP contribution in [0.5, 0.6) is 0 Å². The van der Waals surface area contributed by atoms with Gasteiger partial charge in [0.25, 0.3) is 0 Å². The van der Waals surface area contributed by atoms with E-state index in [0.29, 0.717) is 18.8 Å². The summed E-state index contributed by atoms with van der Waals surface area (Å²) in [6.45, 7) is 9.04. The van der Waals surface area contributed by atoms with Crippen LogP contribution in [0.3, 0.4) is 0 Å². The Labute approximate surface area is 137 Å². The van der Waals surface area contributed by atoms with Gasteiger partial charge < -0.3 is 15.3 Å². The second kappa shape index (κ2) is 6.71. The van der Waals surface area contributed by atoms with Crippen LogP contribution in [-0.2, 0) is 15.0 Å². The number of anilines is 1. The van der Waals surface area contributed by atoms with Gasteiger partial charge in [0, 0.05) is 24.7 Å². The number of carbonyl (C=O) groups excluding carboxylic acids is 2. The molecule has 1 aliphatic rings. The number of hydrogen-bond donors (Lipinski definition) is 2. The van der Waals surface area contributed by atoms with Crippen LogP contribution in [0.15, 0.2) is 24.3 Å². The van der Waals surface area contributed by atoms with Crippen LogP contribution < -0.4 is 5.32 Å². The molecule has 0 spiro atoms. The van der Waals surface area contributed by atoms with E-state index in [4.69, 9.17) is 0 Å². The van der Waals surface area contributed by atoms with Crippen molar-refractivity contribution in [3.05, 3.63) is 29.8 Å². The van der Waals surface area contributed by atoms with E-state index in [0.717, 1.165) is 6.42 Å². The first-order valence-electron chi connectivity index (χ1n) is 8.07. The topological polar surface area (TPSA) is 69.6 Å². The van der Waals surface area contributed by atoms with E-state index < -0.39 is 17.9 Å². The lowest BCUT2D eigenvalue weighted by molar-refractivity contribution is -0.142. The summed E-state index contributed by atoms with van der Waals surface area (Å²) in [7, 11) is 0. The zero-order chi connectivity index (χ0) is 17.2. The van der Waals surface area contributed by atoms with Gasteiger partial charge >= 0.3 is 11.8 Å². The van der Waals surface area contributed by atoms with Gasteiger partial charge in [-0.1, -0.05) is 32.9 Å². The Morgan fingerprint density at radius 3 is 2.35 bits per heavy atom. The number of benzene rings is 1. The molecule has 5 heteroatoms. The number of aliphatic hydroxyl groups is 1. The first-order chi connectivity index (χ1) is 10.7. The van der Waals surface area contributed by atoms with Crippen LogP contribution in [0, 0.1) is 5.92 Å². The lowest BCUT2D eigenvalue weighted by Crippen LogP contribution is -2.38. The predicted octanol–water partition coefficient (Wildman–Crippen LogP) is 2.15. The van der Waals surface area contributed by atoms with E-state index in [-0.39, 0.29) is 11.3 Å². The van der Waals surface area contributed by atoms with Crippen LogP contribution in [0.1, 0.15) is 39.7 Å². The van der Waals surface area contributed by atoms with E-state index in [2.05, 4.69) is 26.1 Å². The molecule has 2 amide bonds. The van der Waals surface area contributed by atoms with Gasteiger partial charge in [0.05, 0.1) is 6.10 Å². The number of carbonyl (C=O) groups is 2. The fraction of sp³-hybridized carbons (Fsp3) is 0.556. The lowest BCUT2D eigenvalue weighted by Gasteiger charge is -2.19. The third-order valence-corrected chi connectivity index (χ3v) is 4.40. The Balaban J connectivity index is 1.95. The van der Waals surface area contributed by atoms with Crippen molar-refractivity contribution in [2.24, 2.45) is 5.92 Å². The molecule has 23 heavy (non-hydrogen) atoms. The van der Waals surface area contributed by atoms with Gasteiger partial charge in [0.15, 0.2) is 0 Å². The molecule has 126 valence electrons. The summed E-state index contributed by atoms with van der Waals surface area (Å²) in [6.07, 6.45) is 0.276. The molecule has 0 aliphatic carbocycles. The van der Waals surface area contributed by atoms with Gasteiger partial charge in [0.2, 0.25) is 0 Å². The van der Waals surface area contributed by atoms with Gasteiger partial charge in [-0.2, -0.15) is 0 Å². The van der Waals surface area contributed by atoms with Crippen molar-refractivity contribution in [3.63, 3.8) is 0 Å². The van der Waals surface area contributed by atoms with E-state index >= 15 is 0 Å². The maximum absolute atomic E-state index is 12.2. The smallest absolute Gasteiger partial charge is 0.313 e. The molecule has 1 aromatic carbocycles. The summed E-state index contributed by atoms with van der Waals surface area (Å²) in [5.74, 6) is -1.11. The molecule has 0 bridgehead atoms. The fourth-order valence-corrected chi connectivity index (χ4v) is 2.75. The minimum atomic E-state index is -0.625. The fourth-order valence-electron chi connectivity index (χ4n) is 2.75. The summed E-state index contributed by atoms with van der Waals surface area (Å²) in [5, 5.41) is 12.2. The number of likely N-dealkylation sites (tertiary alicyclic amines) is 1. The van der Waals surface area contributed by atoms with Gasteiger partial charge in [-0.3, -0.25) is 9.59 Å². The maximum atomic E-state index is 12.2. The SMILES string of the molecule is CC(O)C1CCN(C(=O)C(=O)Nc2ccc(C(C)(C)C)cc2)C1. The van der Waals surface area contributed by atoms with Gasteiger partial charge in [-0.05, 0) is 36.5 Å². The number of rotatable bonds is 2. The highest BCUT2D eigenvalue weighted by Gasteiger charge is 2.32. The quantitative estimate of drug-likeness (QED) is 0.821. The highest BCUT2D eigenvalue weighted by Crippen LogP contribution is 2.24. The summed E-state index contributed by atoms with van der Waals surface area (Å²) in [6, 6.07) is 7.54. The summed E-state index contributed by atoms with van der Waals surface area (Å²) < 4.78 is 0. The Kier molecular flexibility index (Phi) is 5.09. The average molecular weight is 318 g/mol. The molecular weight excluding hydrogens is 292 g/mol. The van der Waals surface area contributed by atoms with Crippen LogP contribution in [0.2, 0.25) is 0 Å². The lowest BCUT2D eigenvalue weighted by atomic mass is 9.87. The highest BCUT2D eigenvalue weighted by molar-refractivity contribution is 6.39. The summed E-state index contributed by atoms with van der Waals surface area (Å²) in [4.78, 5) is 25.8. The first-order valence-corrected chi connectivity index (χ1v) is 8.07. The number of aliphatic hydroxyl groups excluding tert-OH is 1. The molecule has 2 N–H and O–H groups in total. The van der Waals surface area contributed by atoms with Crippen LogP contribution in [0.25, 0.3) is 0 Å². The zero-order valence-corrected chi connectivity index (χ0v) is 14.3. The molecule has 1 aliphatic heterocycles. The van der Waals surface area contributed by atoms with Crippen molar-refractivity contribution in [3.8, 4) is 0 Å². The maximum Gasteiger partial charge on any atom is 0.313 e. The van der Waals surface area contributed by atoms with Crippen molar-refractivity contribution < 1.29 is 14.7 Å². The minimum Gasteiger partial charge on any atom is -0.393 e. The molecule has 0 saturated carbocycles. The van der Waals surface area contributed by atoms with E-state index in [1.165, 1.54) is 10.5 Å². The molecule has 1 heterocycles. The molecule has 5 nitrogen and oxygen atoms in total. The number of hydrogen-bond acceptors (Lipinski definition) is 3. The van der Waals surface area contributed by atoms with Crippen LogP contribution in [0.4, 0.5) is 5.69 Å². The Morgan fingerprint density at radius 2 is 1.87 bits per heavy atom. The molecule has 1 fully saturated rings. The zero-order valence-electron chi connectivity index (χ0n) is 14.3.